The molecule has 0 radical (unpaired) electrons. The highest BCUT2D eigenvalue weighted by molar-refractivity contribution is 7.93. The number of benzene rings is 1. The highest BCUT2D eigenvalue weighted by Crippen LogP contribution is 2.47. The second kappa shape index (κ2) is 9.05. The van der Waals surface area contributed by atoms with Gasteiger partial charge in [0.25, 0.3) is 17.4 Å². The first-order chi connectivity index (χ1) is 17.4. The SMILES string of the molecule is Cc1ccc(CNC(=O)c2ccc3n(c2=O)CCN(CC2(S(=O)(=O)CC4(C)COC4)CC2)C3=O)cc1F. The molecule has 1 N–H and O–H groups in total. The number of amides is 2. The molecule has 2 fully saturated rings. The van der Waals surface area contributed by atoms with Crippen LogP contribution in [0.25, 0.3) is 0 Å². The van der Waals surface area contributed by atoms with E-state index in [4.69, 9.17) is 4.74 Å². The van der Waals surface area contributed by atoms with Crippen molar-refractivity contribution in [3.05, 3.63) is 68.9 Å². The number of nitrogens with one attached hydrogen (secondary N) is 1. The molecule has 0 bridgehead atoms. The Labute approximate surface area is 214 Å². The number of hydrogen-bond donors (Lipinski definition) is 1. The summed E-state index contributed by atoms with van der Waals surface area (Å²) < 4.78 is 45.7. The molecule has 1 saturated carbocycles. The Morgan fingerprint density at radius 3 is 2.49 bits per heavy atom. The zero-order chi connectivity index (χ0) is 26.6. The van der Waals surface area contributed by atoms with Gasteiger partial charge in [-0.15, -0.1) is 0 Å². The molecule has 37 heavy (non-hydrogen) atoms. The molecule has 2 amide bonds. The van der Waals surface area contributed by atoms with Crippen LogP contribution in [0.15, 0.2) is 35.1 Å². The largest absolute Gasteiger partial charge is 0.380 e. The lowest BCUT2D eigenvalue weighted by molar-refractivity contribution is -0.0871. The molecule has 0 spiro atoms. The van der Waals surface area contributed by atoms with Gasteiger partial charge in [0.2, 0.25) is 0 Å². The Bertz CT molecular complexity index is 1440. The normalized spacial score (nSPS) is 19.6. The van der Waals surface area contributed by atoms with Crippen LogP contribution in [0.5, 0.6) is 0 Å². The van der Waals surface area contributed by atoms with Crippen molar-refractivity contribution >= 4 is 21.7 Å². The van der Waals surface area contributed by atoms with Crippen molar-refractivity contribution in [1.82, 2.24) is 14.8 Å². The third-order valence-corrected chi connectivity index (χ3v) is 10.5. The molecule has 2 aliphatic heterocycles. The van der Waals surface area contributed by atoms with Gasteiger partial charge in [0.15, 0.2) is 9.84 Å². The van der Waals surface area contributed by atoms with E-state index in [1.54, 1.807) is 19.1 Å². The van der Waals surface area contributed by atoms with Gasteiger partial charge in [-0.3, -0.25) is 14.4 Å². The van der Waals surface area contributed by atoms with Gasteiger partial charge in [-0.05, 0) is 49.1 Å². The zero-order valence-electron chi connectivity index (χ0n) is 20.9. The standard InChI is InChI=1S/C26H30FN3O6S/c1-17-3-4-18(11-20(17)27)12-28-22(31)19-5-6-21-24(33)29(9-10-30(21)23(19)32)13-26(7-8-26)37(34,35)16-25(2)14-36-15-25/h3-6,11H,7-10,12-16H2,1-2H3,(H,28,31). The van der Waals surface area contributed by atoms with E-state index >= 15 is 0 Å². The third-order valence-electron chi connectivity index (χ3n) is 7.59. The Morgan fingerprint density at radius 1 is 1.14 bits per heavy atom. The van der Waals surface area contributed by atoms with Crippen LogP contribution in [0.2, 0.25) is 0 Å². The van der Waals surface area contributed by atoms with E-state index in [1.807, 2.05) is 6.92 Å². The van der Waals surface area contributed by atoms with Gasteiger partial charge in [0, 0.05) is 31.6 Å². The fourth-order valence-corrected chi connectivity index (χ4v) is 7.49. The molecular weight excluding hydrogens is 501 g/mol. The van der Waals surface area contributed by atoms with Crippen LogP contribution in [0.4, 0.5) is 4.39 Å². The summed E-state index contributed by atoms with van der Waals surface area (Å²) in [7, 11) is -3.45. The van der Waals surface area contributed by atoms with Crippen molar-refractivity contribution in [2.24, 2.45) is 5.41 Å². The maximum absolute atomic E-state index is 13.8. The molecule has 198 valence electrons. The van der Waals surface area contributed by atoms with E-state index in [0.29, 0.717) is 37.2 Å². The molecule has 3 heterocycles. The summed E-state index contributed by atoms with van der Waals surface area (Å²) in [5, 5.41) is 2.62. The predicted molar refractivity (Wildman–Crippen MR) is 134 cm³/mol. The van der Waals surface area contributed by atoms with Crippen LogP contribution in [0, 0.1) is 18.2 Å². The van der Waals surface area contributed by atoms with Gasteiger partial charge < -0.3 is 19.5 Å². The van der Waals surface area contributed by atoms with Crippen molar-refractivity contribution in [1.29, 1.82) is 0 Å². The molecular formula is C26H30FN3O6S. The smallest absolute Gasteiger partial charge is 0.270 e. The number of fused-ring (bicyclic) bond motifs is 1. The number of ether oxygens (including phenoxy) is 1. The van der Waals surface area contributed by atoms with Gasteiger partial charge in [-0.25, -0.2) is 12.8 Å². The summed E-state index contributed by atoms with van der Waals surface area (Å²) in [5.74, 6) is -1.39. The van der Waals surface area contributed by atoms with E-state index in [2.05, 4.69) is 5.32 Å². The van der Waals surface area contributed by atoms with Gasteiger partial charge in [0.1, 0.15) is 17.1 Å². The Morgan fingerprint density at radius 2 is 1.86 bits per heavy atom. The number of sulfone groups is 1. The molecule has 9 nitrogen and oxygen atoms in total. The molecule has 1 saturated heterocycles. The van der Waals surface area contributed by atoms with Crippen molar-refractivity contribution in [3.63, 3.8) is 0 Å². The van der Waals surface area contributed by atoms with Gasteiger partial charge in [0.05, 0.1) is 23.7 Å². The van der Waals surface area contributed by atoms with Crippen LogP contribution in [-0.4, -0.2) is 66.5 Å². The van der Waals surface area contributed by atoms with E-state index in [1.165, 1.54) is 27.7 Å². The lowest BCUT2D eigenvalue weighted by Gasteiger charge is -2.39. The number of carbonyl (C=O) groups excluding carboxylic acids is 2. The molecule has 1 aliphatic carbocycles. The number of halogens is 1. The molecule has 0 unspecified atom stereocenters. The van der Waals surface area contributed by atoms with Crippen LogP contribution >= 0.6 is 0 Å². The van der Waals surface area contributed by atoms with E-state index in [-0.39, 0.29) is 54.4 Å². The summed E-state index contributed by atoms with van der Waals surface area (Å²) in [6.07, 6.45) is 1.01. The summed E-state index contributed by atoms with van der Waals surface area (Å²) >= 11 is 0. The minimum Gasteiger partial charge on any atom is -0.380 e. The predicted octanol–water partition coefficient (Wildman–Crippen LogP) is 1.67. The first kappa shape index (κ1) is 25.6. The van der Waals surface area contributed by atoms with Crippen molar-refractivity contribution in [3.8, 4) is 0 Å². The maximum Gasteiger partial charge on any atom is 0.270 e. The number of nitrogens with zero attached hydrogens (tertiary/aromatic N) is 2. The Kier molecular flexibility index (Phi) is 6.26. The van der Waals surface area contributed by atoms with Crippen molar-refractivity contribution in [2.45, 2.75) is 44.5 Å². The monoisotopic (exact) mass is 531 g/mol. The summed E-state index contributed by atoms with van der Waals surface area (Å²) in [6.45, 7) is 4.84. The second-order valence-corrected chi connectivity index (χ2v) is 13.2. The van der Waals surface area contributed by atoms with Crippen LogP contribution in [0.3, 0.4) is 0 Å². The highest BCUT2D eigenvalue weighted by Gasteiger charge is 2.58. The second-order valence-electron chi connectivity index (χ2n) is 10.8. The fourth-order valence-electron chi connectivity index (χ4n) is 5.02. The van der Waals surface area contributed by atoms with Crippen molar-refractivity contribution in [2.75, 3.05) is 32.1 Å². The number of aromatic nitrogens is 1. The average Bonchev–Trinajstić information content (AvgIpc) is 3.62. The number of aryl methyl sites for hydroxylation is 1. The quantitative estimate of drug-likeness (QED) is 0.554. The first-order valence-corrected chi connectivity index (χ1v) is 14.0. The number of carbonyl (C=O) groups is 2. The average molecular weight is 532 g/mol. The number of hydrogen-bond acceptors (Lipinski definition) is 6. The Hall–Kier alpha value is -3.05. The summed E-state index contributed by atoms with van der Waals surface area (Å²) in [6, 6.07) is 7.37. The first-order valence-electron chi connectivity index (χ1n) is 12.3. The molecule has 2 aromatic rings. The Balaban J connectivity index is 1.28. The molecule has 1 aromatic carbocycles. The highest BCUT2D eigenvalue weighted by atomic mass is 32.2. The molecule has 5 rings (SSSR count). The van der Waals surface area contributed by atoms with Gasteiger partial charge in [-0.2, -0.15) is 0 Å². The minimum absolute atomic E-state index is 0.0335. The molecule has 3 aliphatic rings. The minimum atomic E-state index is -3.45. The topological polar surface area (TPSA) is 115 Å². The van der Waals surface area contributed by atoms with E-state index in [9.17, 15) is 27.2 Å². The van der Waals surface area contributed by atoms with E-state index < -0.39 is 32.0 Å². The van der Waals surface area contributed by atoms with Crippen LogP contribution in [-0.2, 0) is 27.7 Å². The lowest BCUT2D eigenvalue weighted by atomic mass is 9.92. The lowest BCUT2D eigenvalue weighted by Crippen LogP contribution is -2.52. The summed E-state index contributed by atoms with van der Waals surface area (Å²) in [5.41, 5.74) is 0.0861. The van der Waals surface area contributed by atoms with Gasteiger partial charge >= 0.3 is 0 Å². The maximum atomic E-state index is 13.8. The number of pyridine rings is 1. The van der Waals surface area contributed by atoms with Crippen LogP contribution in [0.1, 0.15) is 51.7 Å². The van der Waals surface area contributed by atoms with Gasteiger partial charge in [-0.1, -0.05) is 19.1 Å². The third kappa shape index (κ3) is 4.70. The molecule has 0 atom stereocenters. The molecule has 11 heteroatoms. The summed E-state index contributed by atoms with van der Waals surface area (Å²) in [4.78, 5) is 40.4. The fraction of sp³-hybridized carbons (Fsp3) is 0.500. The van der Waals surface area contributed by atoms with Crippen LogP contribution < -0.4 is 10.9 Å². The molecule has 1 aromatic heterocycles. The van der Waals surface area contributed by atoms with Crippen molar-refractivity contribution < 1.29 is 27.1 Å². The number of rotatable bonds is 8. The zero-order valence-corrected chi connectivity index (χ0v) is 21.7. The van der Waals surface area contributed by atoms with E-state index in [0.717, 1.165) is 0 Å².